The molecule has 0 aliphatic rings. The summed E-state index contributed by atoms with van der Waals surface area (Å²) in [6.07, 6.45) is 19.6. The number of nitrogens with one attached hydrogen (secondary N) is 1. The number of ether oxygens (including phenoxy) is 1. The van der Waals surface area contributed by atoms with Crippen molar-refractivity contribution in [2.24, 2.45) is 5.92 Å². The van der Waals surface area contributed by atoms with Gasteiger partial charge in [-0.2, -0.15) is 0 Å². The summed E-state index contributed by atoms with van der Waals surface area (Å²) in [5.41, 5.74) is 0. The number of aliphatic hydroxyl groups excluding tert-OH is 1. The fraction of sp³-hybridized carbons (Fsp3) is 1.00. The first-order valence-corrected chi connectivity index (χ1v) is 13.2. The fourth-order valence-electron chi connectivity index (χ4n) is 3.89. The Morgan fingerprint density at radius 1 is 0.700 bits per heavy atom. The van der Waals surface area contributed by atoms with Crippen molar-refractivity contribution >= 4 is 0 Å². The van der Waals surface area contributed by atoms with Crippen molar-refractivity contribution in [2.75, 3.05) is 40.3 Å². The van der Waals surface area contributed by atoms with Gasteiger partial charge >= 0.3 is 0 Å². The van der Waals surface area contributed by atoms with Crippen molar-refractivity contribution < 1.29 is 9.84 Å². The molecule has 0 rings (SSSR count). The summed E-state index contributed by atoms with van der Waals surface area (Å²) in [7, 11) is 4.21. The molecule has 0 heterocycles. The molecule has 0 saturated heterocycles. The van der Waals surface area contributed by atoms with Crippen LogP contribution in [0.15, 0.2) is 0 Å². The van der Waals surface area contributed by atoms with Crippen molar-refractivity contribution in [3.63, 3.8) is 0 Å². The maximum Gasteiger partial charge on any atom is 0.154 e. The average molecular weight is 429 g/mol. The third-order valence-corrected chi connectivity index (χ3v) is 6.00. The van der Waals surface area contributed by atoms with Crippen LogP contribution in [0.3, 0.4) is 0 Å². The molecule has 2 N–H and O–H groups in total. The van der Waals surface area contributed by atoms with E-state index in [1.54, 1.807) is 0 Å². The second kappa shape index (κ2) is 23.5. The zero-order valence-electron chi connectivity index (χ0n) is 21.1. The summed E-state index contributed by atoms with van der Waals surface area (Å²) in [4.78, 5) is 2.20. The Balaban J connectivity index is 3.83. The van der Waals surface area contributed by atoms with E-state index in [0.29, 0.717) is 5.92 Å². The average Bonchev–Trinajstić information content (AvgIpc) is 2.72. The number of nitrogens with zero attached hydrogens (tertiary/aromatic N) is 1. The van der Waals surface area contributed by atoms with Gasteiger partial charge in [0.25, 0.3) is 0 Å². The topological polar surface area (TPSA) is 44.7 Å². The van der Waals surface area contributed by atoms with Crippen LogP contribution >= 0.6 is 0 Å². The molecule has 0 aliphatic heterocycles. The van der Waals surface area contributed by atoms with Crippen LogP contribution in [0.5, 0.6) is 0 Å². The highest BCUT2D eigenvalue weighted by Gasteiger charge is 2.12. The number of hydrogen-bond donors (Lipinski definition) is 2. The molecule has 0 spiro atoms. The molecule has 4 nitrogen and oxygen atoms in total. The maximum atomic E-state index is 10.2. The van der Waals surface area contributed by atoms with E-state index in [1.807, 2.05) is 0 Å². The van der Waals surface area contributed by atoms with Gasteiger partial charge in [-0.25, -0.2) is 0 Å². The number of hydrogen-bond acceptors (Lipinski definition) is 4. The number of rotatable bonds is 24. The molecular weight excluding hydrogens is 372 g/mol. The number of likely N-dealkylation sites (N-methyl/N-ethyl adjacent to an activating group) is 1. The van der Waals surface area contributed by atoms with E-state index in [1.165, 1.54) is 83.5 Å². The third-order valence-electron chi connectivity index (χ3n) is 6.00. The molecule has 2 atom stereocenters. The van der Waals surface area contributed by atoms with Gasteiger partial charge in [-0.1, -0.05) is 84.5 Å². The molecule has 0 radical (unpaired) electrons. The molecule has 0 fully saturated rings. The van der Waals surface area contributed by atoms with Crippen LogP contribution in [0, 0.1) is 5.92 Å². The first-order valence-electron chi connectivity index (χ1n) is 13.2. The normalized spacial score (nSPS) is 13.8. The molecule has 4 heteroatoms. The molecule has 0 bridgehead atoms. The maximum absolute atomic E-state index is 10.2. The van der Waals surface area contributed by atoms with Gasteiger partial charge in [0.1, 0.15) is 0 Å². The van der Waals surface area contributed by atoms with Gasteiger partial charge < -0.3 is 20.1 Å². The van der Waals surface area contributed by atoms with Gasteiger partial charge in [0.2, 0.25) is 0 Å². The zero-order chi connectivity index (χ0) is 22.3. The minimum Gasteiger partial charge on any atom is -0.368 e. The smallest absolute Gasteiger partial charge is 0.154 e. The molecule has 30 heavy (non-hydrogen) atoms. The van der Waals surface area contributed by atoms with E-state index in [0.717, 1.165) is 45.5 Å². The molecule has 0 aromatic heterocycles. The molecule has 0 aromatic carbocycles. The van der Waals surface area contributed by atoms with Crippen LogP contribution < -0.4 is 5.32 Å². The standard InChI is InChI=1S/C26H56N2O2/c1-5-7-9-11-12-15-19-25(18-14-10-8-6-2)24-30-26(29)20-16-13-17-21-27-22-23-28(3)4/h25-27,29H,5-24H2,1-4H3. The predicted molar refractivity (Wildman–Crippen MR) is 132 cm³/mol. The molecule has 0 aromatic rings. The lowest BCUT2D eigenvalue weighted by Gasteiger charge is -2.20. The first kappa shape index (κ1) is 29.8. The molecular formula is C26H56N2O2. The van der Waals surface area contributed by atoms with Gasteiger partial charge in [0.05, 0.1) is 6.61 Å². The second-order valence-electron chi connectivity index (χ2n) is 9.46. The minimum atomic E-state index is -0.575. The van der Waals surface area contributed by atoms with Crippen LogP contribution in [0.2, 0.25) is 0 Å². The van der Waals surface area contributed by atoms with Crippen LogP contribution in [-0.2, 0) is 4.74 Å². The largest absolute Gasteiger partial charge is 0.368 e. The Kier molecular flexibility index (Phi) is 23.4. The summed E-state index contributed by atoms with van der Waals surface area (Å²) >= 11 is 0. The van der Waals surface area contributed by atoms with Gasteiger partial charge in [0, 0.05) is 13.1 Å². The Hall–Kier alpha value is -0.160. The van der Waals surface area contributed by atoms with E-state index in [9.17, 15) is 5.11 Å². The van der Waals surface area contributed by atoms with Gasteiger partial charge in [-0.15, -0.1) is 0 Å². The van der Waals surface area contributed by atoms with Gasteiger partial charge in [0.15, 0.2) is 6.29 Å². The molecule has 0 aliphatic carbocycles. The Morgan fingerprint density at radius 2 is 1.23 bits per heavy atom. The molecule has 2 unspecified atom stereocenters. The van der Waals surface area contributed by atoms with E-state index in [4.69, 9.17) is 4.74 Å². The van der Waals surface area contributed by atoms with Crippen LogP contribution in [-0.4, -0.2) is 56.6 Å². The van der Waals surface area contributed by atoms with Crippen molar-refractivity contribution in [3.8, 4) is 0 Å². The predicted octanol–water partition coefficient (Wildman–Crippen LogP) is 6.37. The highest BCUT2D eigenvalue weighted by molar-refractivity contribution is 4.61. The lowest BCUT2D eigenvalue weighted by molar-refractivity contribution is -0.115. The lowest BCUT2D eigenvalue weighted by Crippen LogP contribution is -2.27. The molecule has 0 amide bonds. The van der Waals surface area contributed by atoms with E-state index in [2.05, 4.69) is 38.2 Å². The summed E-state index contributed by atoms with van der Waals surface area (Å²) < 4.78 is 5.86. The lowest BCUT2D eigenvalue weighted by atomic mass is 9.95. The van der Waals surface area contributed by atoms with Gasteiger partial charge in [-0.3, -0.25) is 0 Å². The monoisotopic (exact) mass is 428 g/mol. The van der Waals surface area contributed by atoms with E-state index >= 15 is 0 Å². The van der Waals surface area contributed by atoms with E-state index < -0.39 is 6.29 Å². The summed E-state index contributed by atoms with van der Waals surface area (Å²) in [5.74, 6) is 0.628. The highest BCUT2D eigenvalue weighted by Crippen LogP contribution is 2.20. The highest BCUT2D eigenvalue weighted by atomic mass is 16.6. The van der Waals surface area contributed by atoms with Crippen LogP contribution in [0.1, 0.15) is 117 Å². The summed E-state index contributed by atoms with van der Waals surface area (Å²) in [5, 5.41) is 13.7. The molecule has 182 valence electrons. The SMILES string of the molecule is CCCCCCCCC(CCCCCC)COC(O)CCCCCNCCN(C)C. The second-order valence-corrected chi connectivity index (χ2v) is 9.46. The van der Waals surface area contributed by atoms with Crippen molar-refractivity contribution in [2.45, 2.75) is 123 Å². The Morgan fingerprint density at radius 3 is 1.87 bits per heavy atom. The Labute approximate surface area is 189 Å². The molecule has 0 saturated carbocycles. The van der Waals surface area contributed by atoms with Crippen LogP contribution in [0.4, 0.5) is 0 Å². The summed E-state index contributed by atoms with van der Waals surface area (Å²) in [6.45, 7) is 8.50. The van der Waals surface area contributed by atoms with Crippen LogP contribution in [0.25, 0.3) is 0 Å². The zero-order valence-corrected chi connectivity index (χ0v) is 21.1. The first-order chi connectivity index (χ1) is 14.6. The number of aliphatic hydroxyl groups is 1. The van der Waals surface area contributed by atoms with Crippen molar-refractivity contribution in [3.05, 3.63) is 0 Å². The minimum absolute atomic E-state index is 0.575. The quantitative estimate of drug-likeness (QED) is 0.138. The number of unbranched alkanes of at least 4 members (excludes halogenated alkanes) is 10. The van der Waals surface area contributed by atoms with Crippen molar-refractivity contribution in [1.29, 1.82) is 0 Å². The van der Waals surface area contributed by atoms with Gasteiger partial charge in [-0.05, 0) is 58.7 Å². The van der Waals surface area contributed by atoms with E-state index in [-0.39, 0.29) is 0 Å². The Bertz CT molecular complexity index is 326. The summed E-state index contributed by atoms with van der Waals surface area (Å²) in [6, 6.07) is 0. The third kappa shape index (κ3) is 22.5. The fourth-order valence-corrected chi connectivity index (χ4v) is 3.89. The van der Waals surface area contributed by atoms with Crippen molar-refractivity contribution in [1.82, 2.24) is 10.2 Å².